The lowest BCUT2D eigenvalue weighted by atomic mass is 9.81. The van der Waals surface area contributed by atoms with Crippen LogP contribution in [0.15, 0.2) is 42.7 Å². The fraction of sp³-hybridized carbons (Fsp3) is 0.519. The SMILES string of the molecule is CC(C)(C)[C@H](NC(=O)C(F)(F)F)C(=O)N1C[C@H]2[C@@H]([C@H]1C(=O)NC(C#N)c1cnc3ccccn13)[C@H]1C=C[C@@H]2C1. The van der Waals surface area contributed by atoms with Gasteiger partial charge in [-0.2, -0.15) is 18.4 Å². The van der Waals surface area contributed by atoms with Gasteiger partial charge >= 0.3 is 12.1 Å². The minimum atomic E-state index is -5.17. The summed E-state index contributed by atoms with van der Waals surface area (Å²) in [5.41, 5.74) is -0.0438. The van der Waals surface area contributed by atoms with Gasteiger partial charge in [0, 0.05) is 12.7 Å². The molecule has 2 bridgehead atoms. The molecular weight excluding hydrogens is 513 g/mol. The average molecular weight is 543 g/mol. The van der Waals surface area contributed by atoms with Crippen LogP contribution in [0.2, 0.25) is 0 Å². The Morgan fingerprint density at radius 2 is 1.85 bits per heavy atom. The Morgan fingerprint density at radius 1 is 1.13 bits per heavy atom. The van der Waals surface area contributed by atoms with Crippen LogP contribution in [-0.4, -0.2) is 56.8 Å². The molecule has 3 amide bonds. The maximum absolute atomic E-state index is 13.9. The topological polar surface area (TPSA) is 120 Å². The summed E-state index contributed by atoms with van der Waals surface area (Å²) in [5, 5.41) is 14.6. The van der Waals surface area contributed by atoms with Crippen LogP contribution >= 0.6 is 0 Å². The Kier molecular flexibility index (Phi) is 6.44. The second kappa shape index (κ2) is 9.39. The number of imidazole rings is 1. The molecule has 0 radical (unpaired) electrons. The third-order valence-electron chi connectivity index (χ3n) is 8.15. The van der Waals surface area contributed by atoms with Crippen molar-refractivity contribution in [2.45, 2.75) is 51.5 Å². The molecule has 9 nitrogen and oxygen atoms in total. The van der Waals surface area contributed by atoms with E-state index in [-0.39, 0.29) is 30.2 Å². The lowest BCUT2D eigenvalue weighted by molar-refractivity contribution is -0.176. The lowest BCUT2D eigenvalue weighted by Gasteiger charge is -2.37. The third-order valence-corrected chi connectivity index (χ3v) is 8.15. The van der Waals surface area contributed by atoms with E-state index in [1.807, 2.05) is 11.4 Å². The highest BCUT2D eigenvalue weighted by atomic mass is 19.4. The van der Waals surface area contributed by atoms with Gasteiger partial charge in [-0.05, 0) is 47.6 Å². The number of hydrogen-bond acceptors (Lipinski definition) is 5. The van der Waals surface area contributed by atoms with Crippen LogP contribution in [0.3, 0.4) is 0 Å². The number of allylic oxidation sites excluding steroid dienone is 2. The number of nitrogens with one attached hydrogen (secondary N) is 2. The van der Waals surface area contributed by atoms with Gasteiger partial charge in [0.2, 0.25) is 11.8 Å². The highest BCUT2D eigenvalue weighted by molar-refractivity contribution is 5.94. The number of likely N-dealkylation sites (tertiary alicyclic amines) is 1. The summed E-state index contributed by atoms with van der Waals surface area (Å²) in [6.45, 7) is 4.84. The highest BCUT2D eigenvalue weighted by Crippen LogP contribution is 2.54. The number of nitrogens with zero attached hydrogens (tertiary/aromatic N) is 4. The smallest absolute Gasteiger partial charge is 0.336 e. The number of nitriles is 1. The molecule has 3 heterocycles. The zero-order chi connectivity index (χ0) is 28.3. The van der Waals surface area contributed by atoms with E-state index in [1.54, 1.807) is 49.6 Å². The van der Waals surface area contributed by atoms with Crippen LogP contribution in [-0.2, 0) is 14.4 Å². The number of hydrogen-bond donors (Lipinski definition) is 2. The maximum Gasteiger partial charge on any atom is 0.471 e. The van der Waals surface area contributed by atoms with E-state index < -0.39 is 47.4 Å². The number of halogens is 3. The minimum absolute atomic E-state index is 0.0303. The Labute approximate surface area is 223 Å². The number of alkyl halides is 3. The molecule has 1 aliphatic heterocycles. The summed E-state index contributed by atoms with van der Waals surface area (Å²) < 4.78 is 41.0. The molecule has 7 atom stereocenters. The normalized spacial score (nSPS) is 27.2. The molecule has 2 aliphatic carbocycles. The number of carbonyl (C=O) groups is 3. The quantitative estimate of drug-likeness (QED) is 0.564. The molecule has 1 saturated heterocycles. The summed E-state index contributed by atoms with van der Waals surface area (Å²) >= 11 is 0. The zero-order valence-corrected chi connectivity index (χ0v) is 21.6. The molecule has 2 aromatic rings. The highest BCUT2D eigenvalue weighted by Gasteiger charge is 2.59. The number of amides is 3. The first-order valence-electron chi connectivity index (χ1n) is 12.8. The largest absolute Gasteiger partial charge is 0.471 e. The van der Waals surface area contributed by atoms with Crippen molar-refractivity contribution in [3.05, 3.63) is 48.4 Å². The molecule has 0 spiro atoms. The number of fused-ring (bicyclic) bond motifs is 6. The monoisotopic (exact) mass is 542 g/mol. The third kappa shape index (κ3) is 4.64. The van der Waals surface area contributed by atoms with Crippen LogP contribution in [0, 0.1) is 40.4 Å². The zero-order valence-electron chi connectivity index (χ0n) is 21.6. The van der Waals surface area contributed by atoms with E-state index in [9.17, 15) is 32.8 Å². The number of rotatable bonds is 5. The molecule has 5 rings (SSSR count). The predicted molar refractivity (Wildman–Crippen MR) is 132 cm³/mol. The van der Waals surface area contributed by atoms with Crippen LogP contribution < -0.4 is 10.6 Å². The molecule has 1 unspecified atom stereocenters. The van der Waals surface area contributed by atoms with Crippen LogP contribution in [0.25, 0.3) is 5.65 Å². The van der Waals surface area contributed by atoms with E-state index in [0.29, 0.717) is 11.3 Å². The van der Waals surface area contributed by atoms with Crippen molar-refractivity contribution >= 4 is 23.4 Å². The molecule has 2 fully saturated rings. The number of carbonyl (C=O) groups excluding carboxylic acids is 3. The van der Waals surface area contributed by atoms with Gasteiger partial charge in [-0.25, -0.2) is 4.98 Å². The second-order valence-corrected chi connectivity index (χ2v) is 11.6. The van der Waals surface area contributed by atoms with Crippen molar-refractivity contribution in [3.8, 4) is 6.07 Å². The van der Waals surface area contributed by atoms with Crippen molar-refractivity contribution in [2.75, 3.05) is 6.54 Å². The van der Waals surface area contributed by atoms with Crippen LogP contribution in [0.1, 0.15) is 38.9 Å². The fourth-order valence-electron chi connectivity index (χ4n) is 6.37. The second-order valence-electron chi connectivity index (χ2n) is 11.6. The van der Waals surface area contributed by atoms with Crippen molar-refractivity contribution in [1.29, 1.82) is 5.26 Å². The number of pyridine rings is 1. The molecule has 12 heteroatoms. The lowest BCUT2D eigenvalue weighted by Crippen LogP contribution is -2.60. The number of aromatic nitrogens is 2. The molecule has 0 aromatic carbocycles. The Morgan fingerprint density at radius 3 is 2.51 bits per heavy atom. The fourth-order valence-corrected chi connectivity index (χ4v) is 6.37. The first kappa shape index (κ1) is 26.7. The van der Waals surface area contributed by atoms with Gasteiger partial charge in [0.05, 0.1) is 18.0 Å². The first-order valence-corrected chi connectivity index (χ1v) is 12.8. The van der Waals surface area contributed by atoms with E-state index in [4.69, 9.17) is 0 Å². The van der Waals surface area contributed by atoms with Gasteiger partial charge < -0.3 is 19.9 Å². The van der Waals surface area contributed by atoms with E-state index in [0.717, 1.165) is 6.42 Å². The van der Waals surface area contributed by atoms with E-state index in [1.165, 1.54) is 11.1 Å². The molecule has 206 valence electrons. The Bertz CT molecular complexity index is 1390. The molecule has 1 saturated carbocycles. The van der Waals surface area contributed by atoms with Gasteiger partial charge in [-0.1, -0.05) is 39.0 Å². The molecule has 39 heavy (non-hydrogen) atoms. The van der Waals surface area contributed by atoms with E-state index >= 15 is 0 Å². The molecular formula is C27H29F3N6O3. The van der Waals surface area contributed by atoms with Crippen molar-refractivity contribution in [3.63, 3.8) is 0 Å². The molecule has 2 aromatic heterocycles. The minimum Gasteiger partial charge on any atom is -0.336 e. The standard InChI is InChI=1S/C27H29F3N6O3/c1-26(2,3)22(34-25(39)27(28,29)30)24(38)36-13-16-14-7-8-15(10-14)20(16)21(36)23(37)33-17(11-31)18-12-32-19-6-4-5-9-35(18)19/h4-9,12,14-17,20-22H,10,13H2,1-3H3,(H,33,37)(H,34,39)/t14-,15+,16-,17?,20+,21+,22-/m1/s1. The van der Waals surface area contributed by atoms with Gasteiger partial charge in [0.25, 0.3) is 0 Å². The summed E-state index contributed by atoms with van der Waals surface area (Å²) in [7, 11) is 0. The molecule has 3 aliphatic rings. The summed E-state index contributed by atoms with van der Waals surface area (Å²) in [5.74, 6) is -3.64. The Hall–Kier alpha value is -3.88. The van der Waals surface area contributed by atoms with Gasteiger partial charge in [0.1, 0.15) is 17.7 Å². The van der Waals surface area contributed by atoms with Crippen molar-refractivity contribution < 1.29 is 27.6 Å². The van der Waals surface area contributed by atoms with Crippen LogP contribution in [0.4, 0.5) is 13.2 Å². The van der Waals surface area contributed by atoms with Crippen LogP contribution in [0.5, 0.6) is 0 Å². The predicted octanol–water partition coefficient (Wildman–Crippen LogP) is 2.76. The van der Waals surface area contributed by atoms with Crippen molar-refractivity contribution in [1.82, 2.24) is 24.9 Å². The summed E-state index contributed by atoms with van der Waals surface area (Å²) in [6.07, 6.45) is 2.97. The Balaban J connectivity index is 1.46. The average Bonchev–Trinajstić information content (AvgIpc) is 3.64. The summed E-state index contributed by atoms with van der Waals surface area (Å²) in [4.78, 5) is 45.1. The van der Waals surface area contributed by atoms with Gasteiger partial charge in [-0.3, -0.25) is 14.4 Å². The molecule has 2 N–H and O–H groups in total. The van der Waals surface area contributed by atoms with Crippen molar-refractivity contribution in [2.24, 2.45) is 29.1 Å². The van der Waals surface area contributed by atoms with Gasteiger partial charge in [0.15, 0.2) is 6.04 Å². The van der Waals surface area contributed by atoms with Gasteiger partial charge in [-0.15, -0.1) is 0 Å². The maximum atomic E-state index is 13.9. The first-order chi connectivity index (χ1) is 18.3. The van der Waals surface area contributed by atoms with E-state index in [2.05, 4.69) is 22.4 Å². The summed E-state index contributed by atoms with van der Waals surface area (Å²) in [6, 6.07) is 3.79.